The molecule has 0 heterocycles. The number of ether oxygens (including phenoxy) is 1. The monoisotopic (exact) mass is 217 g/mol. The summed E-state index contributed by atoms with van der Waals surface area (Å²) in [5, 5.41) is 0. The quantitative estimate of drug-likeness (QED) is 0.784. The van der Waals surface area contributed by atoms with E-state index < -0.39 is 0 Å². The Morgan fingerprint density at radius 3 is 2.25 bits per heavy atom. The molecule has 0 atom stereocenters. The van der Waals surface area contributed by atoms with Crippen molar-refractivity contribution < 1.29 is 9.13 Å². The van der Waals surface area contributed by atoms with Gasteiger partial charge in [-0.25, -0.2) is 4.39 Å². The summed E-state index contributed by atoms with van der Waals surface area (Å²) in [4.78, 5) is 0. The number of benzene rings is 2. The van der Waals surface area contributed by atoms with Gasteiger partial charge in [0.1, 0.15) is 11.6 Å². The van der Waals surface area contributed by atoms with Crippen molar-refractivity contribution in [3.63, 3.8) is 0 Å². The first-order chi connectivity index (χ1) is 7.70. The first kappa shape index (κ1) is 10.5. The van der Waals surface area contributed by atoms with Crippen molar-refractivity contribution >= 4 is 5.69 Å². The second-order valence-electron chi connectivity index (χ2n) is 3.46. The van der Waals surface area contributed by atoms with Gasteiger partial charge in [0.15, 0.2) is 0 Å². The summed E-state index contributed by atoms with van der Waals surface area (Å²) in [5.74, 6) is 0.382. The van der Waals surface area contributed by atoms with E-state index in [9.17, 15) is 4.39 Å². The first-order valence-electron chi connectivity index (χ1n) is 4.90. The van der Waals surface area contributed by atoms with E-state index in [1.807, 2.05) is 12.1 Å². The van der Waals surface area contributed by atoms with Crippen LogP contribution in [0.2, 0.25) is 0 Å². The maximum absolute atomic E-state index is 12.8. The van der Waals surface area contributed by atoms with Gasteiger partial charge in [-0.3, -0.25) is 0 Å². The average Bonchev–Trinajstić information content (AvgIpc) is 2.31. The van der Waals surface area contributed by atoms with Crippen molar-refractivity contribution in [3.05, 3.63) is 48.3 Å². The largest absolute Gasteiger partial charge is 0.495 e. The number of hydrogen-bond acceptors (Lipinski definition) is 2. The molecule has 2 aromatic carbocycles. The summed E-state index contributed by atoms with van der Waals surface area (Å²) in [6, 6.07) is 11.8. The van der Waals surface area contributed by atoms with E-state index in [1.165, 1.54) is 12.1 Å². The fraction of sp³-hybridized carbons (Fsp3) is 0.0769. The molecule has 3 heteroatoms. The molecule has 0 fully saturated rings. The number of nitrogen functional groups attached to an aromatic ring is 1. The van der Waals surface area contributed by atoms with Gasteiger partial charge < -0.3 is 10.5 Å². The van der Waals surface area contributed by atoms with Gasteiger partial charge in [-0.15, -0.1) is 0 Å². The highest BCUT2D eigenvalue weighted by molar-refractivity contribution is 5.69. The van der Waals surface area contributed by atoms with Crippen molar-refractivity contribution in [2.45, 2.75) is 0 Å². The summed E-state index contributed by atoms with van der Waals surface area (Å²) >= 11 is 0. The molecule has 0 aromatic heterocycles. The number of anilines is 1. The van der Waals surface area contributed by atoms with Crippen molar-refractivity contribution in [2.75, 3.05) is 12.8 Å². The maximum atomic E-state index is 12.8. The van der Waals surface area contributed by atoms with Gasteiger partial charge in [0.2, 0.25) is 0 Å². The Bertz CT molecular complexity index is 494. The molecule has 16 heavy (non-hydrogen) atoms. The molecule has 0 aliphatic rings. The first-order valence-corrected chi connectivity index (χ1v) is 4.90. The van der Waals surface area contributed by atoms with E-state index >= 15 is 0 Å². The molecule has 0 saturated carbocycles. The third kappa shape index (κ3) is 1.98. The van der Waals surface area contributed by atoms with Crippen molar-refractivity contribution in [1.29, 1.82) is 0 Å². The Labute approximate surface area is 93.5 Å². The van der Waals surface area contributed by atoms with Crippen LogP contribution in [0.4, 0.5) is 10.1 Å². The van der Waals surface area contributed by atoms with Crippen LogP contribution in [0.5, 0.6) is 5.75 Å². The van der Waals surface area contributed by atoms with Crippen LogP contribution in [0, 0.1) is 5.82 Å². The number of nitrogens with two attached hydrogens (primary N) is 1. The van der Waals surface area contributed by atoms with E-state index in [0.717, 1.165) is 11.1 Å². The van der Waals surface area contributed by atoms with Crippen molar-refractivity contribution in [3.8, 4) is 16.9 Å². The Morgan fingerprint density at radius 2 is 1.62 bits per heavy atom. The predicted molar refractivity (Wildman–Crippen MR) is 62.8 cm³/mol. The van der Waals surface area contributed by atoms with Crippen LogP contribution in [0.15, 0.2) is 42.5 Å². The highest BCUT2D eigenvalue weighted by atomic mass is 19.1. The standard InChI is InChI=1S/C13H12FNO/c1-16-13-8-10(4-7-12(13)15)9-2-5-11(14)6-3-9/h2-8H,15H2,1H3. The SMILES string of the molecule is COc1cc(-c2ccc(F)cc2)ccc1N. The topological polar surface area (TPSA) is 35.2 Å². The molecule has 0 unspecified atom stereocenters. The third-order valence-electron chi connectivity index (χ3n) is 2.41. The molecule has 0 radical (unpaired) electrons. The van der Waals surface area contributed by atoms with Crippen molar-refractivity contribution in [2.24, 2.45) is 0 Å². The number of methoxy groups -OCH3 is 1. The lowest BCUT2D eigenvalue weighted by molar-refractivity contribution is 0.417. The molecule has 0 spiro atoms. The van der Waals surface area contributed by atoms with Gasteiger partial charge in [0.25, 0.3) is 0 Å². The molecule has 2 rings (SSSR count). The zero-order valence-corrected chi connectivity index (χ0v) is 8.91. The zero-order valence-electron chi connectivity index (χ0n) is 8.91. The molecule has 82 valence electrons. The third-order valence-corrected chi connectivity index (χ3v) is 2.41. The van der Waals surface area contributed by atoms with Crippen LogP contribution in [0.25, 0.3) is 11.1 Å². The van der Waals surface area contributed by atoms with Gasteiger partial charge in [-0.05, 0) is 35.4 Å². The van der Waals surface area contributed by atoms with Crippen LogP contribution < -0.4 is 10.5 Å². The van der Waals surface area contributed by atoms with Crippen LogP contribution in [-0.4, -0.2) is 7.11 Å². The Hall–Kier alpha value is -2.03. The Kier molecular flexibility index (Phi) is 2.77. The molecular weight excluding hydrogens is 205 g/mol. The Morgan fingerprint density at radius 1 is 1.00 bits per heavy atom. The molecule has 2 nitrogen and oxygen atoms in total. The van der Waals surface area contributed by atoms with Crippen molar-refractivity contribution in [1.82, 2.24) is 0 Å². The van der Waals surface area contributed by atoms with E-state index in [4.69, 9.17) is 10.5 Å². The molecule has 0 amide bonds. The van der Waals surface area contributed by atoms with Gasteiger partial charge in [-0.1, -0.05) is 18.2 Å². The second kappa shape index (κ2) is 4.23. The molecule has 0 aliphatic heterocycles. The van der Waals surface area contributed by atoms with Gasteiger partial charge in [0.05, 0.1) is 12.8 Å². The minimum atomic E-state index is -0.244. The van der Waals surface area contributed by atoms with Gasteiger partial charge >= 0.3 is 0 Å². The highest BCUT2D eigenvalue weighted by Crippen LogP contribution is 2.28. The maximum Gasteiger partial charge on any atom is 0.142 e. The molecule has 2 aromatic rings. The van der Waals surface area contributed by atoms with Crippen LogP contribution >= 0.6 is 0 Å². The van der Waals surface area contributed by atoms with Gasteiger partial charge in [0, 0.05) is 0 Å². The fourth-order valence-corrected chi connectivity index (χ4v) is 1.53. The lowest BCUT2D eigenvalue weighted by Gasteiger charge is -2.07. The number of hydrogen-bond donors (Lipinski definition) is 1. The van der Waals surface area contributed by atoms with E-state index in [2.05, 4.69) is 0 Å². The molecule has 0 bridgehead atoms. The molecule has 0 saturated heterocycles. The smallest absolute Gasteiger partial charge is 0.142 e. The number of halogens is 1. The van der Waals surface area contributed by atoms with Crippen LogP contribution in [0.3, 0.4) is 0 Å². The minimum absolute atomic E-state index is 0.244. The molecular formula is C13H12FNO. The highest BCUT2D eigenvalue weighted by Gasteiger charge is 2.03. The van der Waals surface area contributed by atoms with Crippen LogP contribution in [0.1, 0.15) is 0 Å². The molecule has 2 N–H and O–H groups in total. The summed E-state index contributed by atoms with van der Waals surface area (Å²) in [6.45, 7) is 0. The lowest BCUT2D eigenvalue weighted by Crippen LogP contribution is -1.92. The molecule has 0 aliphatic carbocycles. The normalized spacial score (nSPS) is 10.1. The Balaban J connectivity index is 2.44. The predicted octanol–water partition coefficient (Wildman–Crippen LogP) is 3.08. The van der Waals surface area contributed by atoms with E-state index in [1.54, 1.807) is 25.3 Å². The van der Waals surface area contributed by atoms with E-state index in [0.29, 0.717) is 11.4 Å². The van der Waals surface area contributed by atoms with Crippen LogP contribution in [-0.2, 0) is 0 Å². The second-order valence-corrected chi connectivity index (χ2v) is 3.46. The number of rotatable bonds is 2. The lowest BCUT2D eigenvalue weighted by atomic mass is 10.0. The zero-order chi connectivity index (χ0) is 11.5. The van der Waals surface area contributed by atoms with E-state index in [-0.39, 0.29) is 5.82 Å². The van der Waals surface area contributed by atoms with Gasteiger partial charge in [-0.2, -0.15) is 0 Å². The summed E-state index contributed by atoms with van der Waals surface area (Å²) in [5.41, 5.74) is 8.19. The fourth-order valence-electron chi connectivity index (χ4n) is 1.53. The average molecular weight is 217 g/mol. The summed E-state index contributed by atoms with van der Waals surface area (Å²) in [6.07, 6.45) is 0. The summed E-state index contributed by atoms with van der Waals surface area (Å²) < 4.78 is 17.9. The minimum Gasteiger partial charge on any atom is -0.495 e. The summed E-state index contributed by atoms with van der Waals surface area (Å²) in [7, 11) is 1.57.